The summed E-state index contributed by atoms with van der Waals surface area (Å²) in [5.41, 5.74) is 0. The molecule has 0 radical (unpaired) electrons. The number of rotatable bonds is 4. The van der Waals surface area contributed by atoms with Crippen molar-refractivity contribution in [3.05, 3.63) is 12.3 Å². The van der Waals surface area contributed by atoms with E-state index >= 15 is 0 Å². The van der Waals surface area contributed by atoms with Crippen molar-refractivity contribution in [2.45, 2.75) is 63.5 Å². The molecule has 3 fully saturated rings. The zero-order chi connectivity index (χ0) is 17.6. The second-order valence-electron chi connectivity index (χ2n) is 8.10. The van der Waals surface area contributed by atoms with Crippen molar-refractivity contribution < 1.29 is 0 Å². The molecule has 1 unspecified atom stereocenters. The highest BCUT2D eigenvalue weighted by Crippen LogP contribution is 2.22. The zero-order valence-corrected chi connectivity index (χ0v) is 16.0. The normalized spacial score (nSPS) is 26.5. The highest BCUT2D eigenvalue weighted by atomic mass is 15.3. The minimum absolute atomic E-state index is 0.470. The van der Waals surface area contributed by atoms with Gasteiger partial charge >= 0.3 is 0 Å². The minimum Gasteiger partial charge on any atom is -0.356 e. The third-order valence-corrected chi connectivity index (χ3v) is 6.18. The van der Waals surface area contributed by atoms with Crippen LogP contribution in [0.25, 0.3) is 0 Å². The van der Waals surface area contributed by atoms with Gasteiger partial charge in [0, 0.05) is 37.9 Å². The van der Waals surface area contributed by atoms with Gasteiger partial charge < -0.3 is 15.5 Å². The van der Waals surface area contributed by atoms with E-state index in [0.717, 1.165) is 37.4 Å². The fourth-order valence-corrected chi connectivity index (χ4v) is 4.70. The van der Waals surface area contributed by atoms with Crippen LogP contribution in [-0.4, -0.2) is 66.2 Å². The number of nitrogens with zero attached hydrogens (tertiary/aromatic N) is 4. The van der Waals surface area contributed by atoms with E-state index in [0.29, 0.717) is 6.04 Å². The molecule has 0 aliphatic carbocycles. The Morgan fingerprint density at radius 2 is 1.77 bits per heavy atom. The van der Waals surface area contributed by atoms with Gasteiger partial charge in [0.2, 0.25) is 5.95 Å². The molecule has 0 aromatic carbocycles. The number of aromatic nitrogens is 2. The Hall–Kier alpha value is -1.40. The van der Waals surface area contributed by atoms with Crippen molar-refractivity contribution >= 4 is 11.8 Å². The summed E-state index contributed by atoms with van der Waals surface area (Å²) in [7, 11) is 0. The van der Waals surface area contributed by atoms with Gasteiger partial charge in [-0.15, -0.1) is 0 Å². The van der Waals surface area contributed by atoms with Crippen molar-refractivity contribution in [1.29, 1.82) is 0 Å². The topological polar surface area (TPSA) is 56.3 Å². The third-order valence-electron chi connectivity index (χ3n) is 6.18. The van der Waals surface area contributed by atoms with Crippen molar-refractivity contribution in [1.82, 2.24) is 20.2 Å². The van der Waals surface area contributed by atoms with Crippen LogP contribution in [0.3, 0.4) is 0 Å². The lowest BCUT2D eigenvalue weighted by atomic mass is 9.99. The van der Waals surface area contributed by atoms with Gasteiger partial charge in [0.05, 0.1) is 0 Å². The van der Waals surface area contributed by atoms with Crippen LogP contribution in [0.4, 0.5) is 11.8 Å². The maximum atomic E-state index is 4.84. The smallest absolute Gasteiger partial charge is 0.224 e. The van der Waals surface area contributed by atoms with Crippen LogP contribution >= 0.6 is 0 Å². The van der Waals surface area contributed by atoms with Crippen molar-refractivity contribution in [2.24, 2.45) is 0 Å². The lowest BCUT2D eigenvalue weighted by Gasteiger charge is -2.40. The Morgan fingerprint density at radius 3 is 2.58 bits per heavy atom. The maximum Gasteiger partial charge on any atom is 0.224 e. The molecular formula is C20H34N6. The van der Waals surface area contributed by atoms with Crippen LogP contribution in [0, 0.1) is 0 Å². The van der Waals surface area contributed by atoms with Gasteiger partial charge in [-0.1, -0.05) is 12.8 Å². The molecule has 2 N–H and O–H groups in total. The Labute approximate surface area is 157 Å². The molecule has 4 rings (SSSR count). The molecule has 144 valence electrons. The van der Waals surface area contributed by atoms with Crippen LogP contribution in [-0.2, 0) is 0 Å². The summed E-state index contributed by atoms with van der Waals surface area (Å²) >= 11 is 0. The van der Waals surface area contributed by atoms with Gasteiger partial charge in [-0.3, -0.25) is 4.90 Å². The van der Waals surface area contributed by atoms with Crippen LogP contribution in [0.15, 0.2) is 12.3 Å². The quantitative estimate of drug-likeness (QED) is 0.862. The van der Waals surface area contributed by atoms with Crippen molar-refractivity contribution in [3.8, 4) is 0 Å². The van der Waals surface area contributed by atoms with Gasteiger partial charge in [0.15, 0.2) is 0 Å². The molecule has 4 heterocycles. The second kappa shape index (κ2) is 9.00. The SMILES string of the molecule is c1cc(N2CCCCCC2)nc(NC2CCCN(C3CCNCC3)C2)n1. The van der Waals surface area contributed by atoms with Gasteiger partial charge in [-0.2, -0.15) is 4.98 Å². The molecule has 1 aromatic rings. The van der Waals surface area contributed by atoms with Crippen LogP contribution in [0.2, 0.25) is 0 Å². The average Bonchev–Trinajstić information content (AvgIpc) is 2.99. The van der Waals surface area contributed by atoms with E-state index in [2.05, 4.69) is 31.5 Å². The van der Waals surface area contributed by atoms with E-state index in [9.17, 15) is 0 Å². The zero-order valence-electron chi connectivity index (χ0n) is 16.0. The van der Waals surface area contributed by atoms with E-state index in [-0.39, 0.29) is 0 Å². The fraction of sp³-hybridized carbons (Fsp3) is 0.800. The molecule has 1 aromatic heterocycles. The van der Waals surface area contributed by atoms with E-state index < -0.39 is 0 Å². The first-order valence-corrected chi connectivity index (χ1v) is 10.7. The molecule has 0 spiro atoms. The van der Waals surface area contributed by atoms with Crippen molar-refractivity contribution in [2.75, 3.05) is 49.5 Å². The van der Waals surface area contributed by atoms with E-state index in [1.165, 1.54) is 71.0 Å². The van der Waals surface area contributed by atoms with Gasteiger partial charge in [0.1, 0.15) is 5.82 Å². The van der Waals surface area contributed by atoms with Gasteiger partial charge in [-0.05, 0) is 64.2 Å². The minimum atomic E-state index is 0.470. The lowest BCUT2D eigenvalue weighted by molar-refractivity contribution is 0.128. The van der Waals surface area contributed by atoms with E-state index in [1.54, 1.807) is 0 Å². The van der Waals surface area contributed by atoms with E-state index in [1.807, 2.05) is 6.20 Å². The molecule has 0 bridgehead atoms. The summed E-state index contributed by atoms with van der Waals surface area (Å²) in [4.78, 5) is 14.5. The molecule has 6 nitrogen and oxygen atoms in total. The number of nitrogens with one attached hydrogen (secondary N) is 2. The fourth-order valence-electron chi connectivity index (χ4n) is 4.70. The first-order valence-electron chi connectivity index (χ1n) is 10.7. The summed E-state index contributed by atoms with van der Waals surface area (Å²) < 4.78 is 0. The summed E-state index contributed by atoms with van der Waals surface area (Å²) in [6, 6.07) is 3.29. The Balaban J connectivity index is 1.36. The molecular weight excluding hydrogens is 324 g/mol. The summed E-state index contributed by atoms with van der Waals surface area (Å²) in [6.45, 7) is 6.97. The highest BCUT2D eigenvalue weighted by Gasteiger charge is 2.27. The molecule has 0 saturated carbocycles. The summed E-state index contributed by atoms with van der Waals surface area (Å²) in [6.07, 6.45) is 12.2. The van der Waals surface area contributed by atoms with E-state index in [4.69, 9.17) is 4.98 Å². The molecule has 3 saturated heterocycles. The van der Waals surface area contributed by atoms with Crippen LogP contribution < -0.4 is 15.5 Å². The van der Waals surface area contributed by atoms with Gasteiger partial charge in [0.25, 0.3) is 0 Å². The molecule has 6 heteroatoms. The first-order chi connectivity index (χ1) is 12.9. The highest BCUT2D eigenvalue weighted by molar-refractivity contribution is 5.43. The first kappa shape index (κ1) is 18.0. The predicted molar refractivity (Wildman–Crippen MR) is 107 cm³/mol. The number of anilines is 2. The lowest BCUT2D eigenvalue weighted by Crippen LogP contribution is -2.50. The number of piperidine rings is 2. The molecule has 3 aliphatic rings. The Kier molecular flexibility index (Phi) is 6.22. The molecule has 26 heavy (non-hydrogen) atoms. The largest absolute Gasteiger partial charge is 0.356 e. The van der Waals surface area contributed by atoms with Crippen LogP contribution in [0.1, 0.15) is 51.4 Å². The monoisotopic (exact) mass is 358 g/mol. The third kappa shape index (κ3) is 4.65. The number of likely N-dealkylation sites (tertiary alicyclic amines) is 1. The summed E-state index contributed by atoms with van der Waals surface area (Å²) in [5.74, 6) is 1.90. The number of hydrogen-bond donors (Lipinski definition) is 2. The standard InChI is InChI=1S/C20H34N6/c1-2-4-14-25(13-3-1)19-9-12-22-20(24-19)23-17-6-5-15-26(16-17)18-7-10-21-11-8-18/h9,12,17-18,21H,1-8,10-11,13-16H2,(H,22,23,24). The van der Waals surface area contributed by atoms with Gasteiger partial charge in [-0.25, -0.2) is 4.98 Å². The predicted octanol–water partition coefficient (Wildman–Crippen LogP) is 2.49. The second-order valence-corrected chi connectivity index (χ2v) is 8.10. The summed E-state index contributed by atoms with van der Waals surface area (Å²) in [5, 5.41) is 7.12. The molecule has 0 amide bonds. The Morgan fingerprint density at radius 1 is 0.962 bits per heavy atom. The molecule has 3 aliphatic heterocycles. The average molecular weight is 359 g/mol. The maximum absolute atomic E-state index is 4.84. The van der Waals surface area contributed by atoms with Crippen LogP contribution in [0.5, 0.6) is 0 Å². The number of hydrogen-bond acceptors (Lipinski definition) is 6. The van der Waals surface area contributed by atoms with Crippen molar-refractivity contribution in [3.63, 3.8) is 0 Å². The Bertz CT molecular complexity index is 551. The molecule has 1 atom stereocenters.